The summed E-state index contributed by atoms with van der Waals surface area (Å²) in [7, 11) is 0. The highest BCUT2D eigenvalue weighted by atomic mass is 32.1. The van der Waals surface area contributed by atoms with E-state index in [1.807, 2.05) is 55.5 Å². The topological polar surface area (TPSA) is 55.4 Å². The molecule has 1 amide bonds. The highest BCUT2D eigenvalue weighted by Crippen LogP contribution is 2.24. The number of esters is 1. The third-order valence-electron chi connectivity index (χ3n) is 4.60. The minimum atomic E-state index is -0.451. The van der Waals surface area contributed by atoms with E-state index >= 15 is 0 Å². The van der Waals surface area contributed by atoms with Crippen LogP contribution in [0.25, 0.3) is 0 Å². The zero-order valence-electron chi connectivity index (χ0n) is 16.7. The second kappa shape index (κ2) is 10.0. The molecule has 4 nitrogen and oxygen atoms in total. The van der Waals surface area contributed by atoms with Crippen LogP contribution in [0, 0.1) is 6.92 Å². The van der Waals surface area contributed by atoms with E-state index in [2.05, 4.69) is 24.4 Å². The lowest BCUT2D eigenvalue weighted by Crippen LogP contribution is -2.21. The molecule has 1 N–H and O–H groups in total. The first-order chi connectivity index (χ1) is 14.1. The number of thiophene rings is 1. The van der Waals surface area contributed by atoms with E-state index in [-0.39, 0.29) is 12.5 Å². The van der Waals surface area contributed by atoms with E-state index in [0.717, 1.165) is 34.5 Å². The molecule has 0 saturated carbocycles. The highest BCUT2D eigenvalue weighted by Gasteiger charge is 2.15. The molecule has 29 heavy (non-hydrogen) atoms. The normalized spacial score (nSPS) is 10.6. The Labute approximate surface area is 175 Å². The number of hydrogen-bond donors (Lipinski definition) is 1. The number of para-hydroxylation sites is 1. The van der Waals surface area contributed by atoms with Gasteiger partial charge in [0.1, 0.15) is 4.88 Å². The van der Waals surface area contributed by atoms with Gasteiger partial charge in [-0.25, -0.2) is 4.79 Å². The first-order valence-corrected chi connectivity index (χ1v) is 10.6. The zero-order chi connectivity index (χ0) is 20.6. The zero-order valence-corrected chi connectivity index (χ0v) is 17.6. The third kappa shape index (κ3) is 5.78. The Morgan fingerprint density at radius 3 is 2.48 bits per heavy atom. The average molecular weight is 408 g/mol. The van der Waals surface area contributed by atoms with Crippen LogP contribution in [-0.4, -0.2) is 18.5 Å². The Morgan fingerprint density at radius 2 is 1.72 bits per heavy atom. The maximum Gasteiger partial charge on any atom is 0.348 e. The molecule has 0 fully saturated rings. The van der Waals surface area contributed by atoms with Gasteiger partial charge in [-0.2, -0.15) is 0 Å². The molecule has 3 rings (SSSR count). The standard InChI is InChI=1S/C24H25NO3S/c1-3-9-19-15-22(29-17(19)2)24(27)28-16-23(26)25-21-13-8-7-12-20(21)14-18-10-5-4-6-11-18/h4-8,10-13,15H,3,9,14,16H2,1-2H3,(H,25,26). The molecule has 150 valence electrons. The fourth-order valence-corrected chi connectivity index (χ4v) is 4.10. The van der Waals surface area contributed by atoms with Crippen molar-refractivity contribution in [3.05, 3.63) is 87.1 Å². The fraction of sp³-hybridized carbons (Fsp3) is 0.250. The lowest BCUT2D eigenvalue weighted by atomic mass is 10.0. The van der Waals surface area contributed by atoms with Gasteiger partial charge in [-0.15, -0.1) is 11.3 Å². The van der Waals surface area contributed by atoms with Gasteiger partial charge in [0.2, 0.25) is 0 Å². The third-order valence-corrected chi connectivity index (χ3v) is 5.68. The van der Waals surface area contributed by atoms with Crippen LogP contribution >= 0.6 is 11.3 Å². The predicted octanol–water partition coefficient (Wildman–Crippen LogP) is 5.40. The quantitative estimate of drug-likeness (QED) is 0.509. The first kappa shape index (κ1) is 20.8. The SMILES string of the molecule is CCCc1cc(C(=O)OCC(=O)Nc2ccccc2Cc2ccccc2)sc1C. The second-order valence-electron chi connectivity index (χ2n) is 6.89. The summed E-state index contributed by atoms with van der Waals surface area (Å²) < 4.78 is 5.23. The van der Waals surface area contributed by atoms with Crippen LogP contribution in [0.3, 0.4) is 0 Å². The summed E-state index contributed by atoms with van der Waals surface area (Å²) in [4.78, 5) is 26.3. The van der Waals surface area contributed by atoms with Crippen LogP contribution in [-0.2, 0) is 22.4 Å². The monoisotopic (exact) mass is 407 g/mol. The summed E-state index contributed by atoms with van der Waals surface area (Å²) in [6, 6.07) is 19.6. The Hall–Kier alpha value is -2.92. The van der Waals surface area contributed by atoms with E-state index < -0.39 is 5.97 Å². The summed E-state index contributed by atoms with van der Waals surface area (Å²) in [5, 5.41) is 2.86. The minimum absolute atomic E-state index is 0.307. The van der Waals surface area contributed by atoms with E-state index in [9.17, 15) is 9.59 Å². The molecule has 0 bridgehead atoms. The van der Waals surface area contributed by atoms with Gasteiger partial charge in [-0.3, -0.25) is 4.79 Å². The van der Waals surface area contributed by atoms with Crippen molar-refractivity contribution in [2.45, 2.75) is 33.1 Å². The van der Waals surface area contributed by atoms with Crippen LogP contribution in [0.15, 0.2) is 60.7 Å². The molecular weight excluding hydrogens is 382 g/mol. The molecule has 5 heteroatoms. The number of rotatable bonds is 8. The van der Waals surface area contributed by atoms with Crippen molar-refractivity contribution in [1.82, 2.24) is 0 Å². The van der Waals surface area contributed by atoms with Gasteiger partial charge in [-0.1, -0.05) is 61.9 Å². The van der Waals surface area contributed by atoms with Crippen molar-refractivity contribution in [3.8, 4) is 0 Å². The number of carbonyl (C=O) groups is 2. The maximum atomic E-state index is 12.3. The van der Waals surface area contributed by atoms with Crippen molar-refractivity contribution in [2.24, 2.45) is 0 Å². The van der Waals surface area contributed by atoms with Gasteiger partial charge < -0.3 is 10.1 Å². The summed E-state index contributed by atoms with van der Waals surface area (Å²) in [5.41, 5.74) is 4.08. The average Bonchev–Trinajstić information content (AvgIpc) is 3.09. The highest BCUT2D eigenvalue weighted by molar-refractivity contribution is 7.14. The minimum Gasteiger partial charge on any atom is -0.451 e. The summed E-state index contributed by atoms with van der Waals surface area (Å²) in [6.45, 7) is 3.80. The molecule has 0 unspecified atom stereocenters. The van der Waals surface area contributed by atoms with Crippen molar-refractivity contribution in [2.75, 3.05) is 11.9 Å². The number of amides is 1. The molecule has 0 atom stereocenters. The van der Waals surface area contributed by atoms with Gasteiger partial charge in [0, 0.05) is 10.6 Å². The Kier molecular flexibility index (Phi) is 7.19. The van der Waals surface area contributed by atoms with E-state index in [0.29, 0.717) is 11.3 Å². The number of ether oxygens (including phenoxy) is 1. The van der Waals surface area contributed by atoms with Crippen molar-refractivity contribution < 1.29 is 14.3 Å². The van der Waals surface area contributed by atoms with Gasteiger partial charge in [0.05, 0.1) is 0 Å². The van der Waals surface area contributed by atoms with Crippen molar-refractivity contribution in [3.63, 3.8) is 0 Å². The molecule has 2 aromatic carbocycles. The van der Waals surface area contributed by atoms with Crippen LogP contribution in [0.2, 0.25) is 0 Å². The first-order valence-electron chi connectivity index (χ1n) is 9.75. The number of nitrogens with one attached hydrogen (secondary N) is 1. The Bertz CT molecular complexity index is 979. The molecule has 3 aromatic rings. The molecule has 0 saturated heterocycles. The van der Waals surface area contributed by atoms with E-state index in [4.69, 9.17) is 4.74 Å². The second-order valence-corrected chi connectivity index (χ2v) is 8.14. The van der Waals surface area contributed by atoms with E-state index in [1.165, 1.54) is 16.9 Å². The largest absolute Gasteiger partial charge is 0.451 e. The smallest absolute Gasteiger partial charge is 0.348 e. The van der Waals surface area contributed by atoms with Gasteiger partial charge in [-0.05, 0) is 48.6 Å². The number of benzene rings is 2. The fourth-order valence-electron chi connectivity index (χ4n) is 3.14. The molecule has 0 aliphatic rings. The lowest BCUT2D eigenvalue weighted by Gasteiger charge is -2.11. The molecule has 1 aromatic heterocycles. The summed E-state index contributed by atoms with van der Waals surface area (Å²) in [5.74, 6) is -0.797. The number of aryl methyl sites for hydroxylation is 2. The Balaban J connectivity index is 1.58. The van der Waals surface area contributed by atoms with Gasteiger partial charge in [0.15, 0.2) is 6.61 Å². The molecule has 0 spiro atoms. The molecule has 0 aliphatic carbocycles. The van der Waals surface area contributed by atoms with Crippen LogP contribution in [0.4, 0.5) is 5.69 Å². The number of anilines is 1. The molecule has 0 radical (unpaired) electrons. The summed E-state index contributed by atoms with van der Waals surface area (Å²) in [6.07, 6.45) is 2.68. The Morgan fingerprint density at radius 1 is 1.00 bits per heavy atom. The van der Waals surface area contributed by atoms with Gasteiger partial charge in [0.25, 0.3) is 5.91 Å². The van der Waals surface area contributed by atoms with Crippen LogP contribution in [0.5, 0.6) is 0 Å². The molecule has 1 heterocycles. The number of hydrogen-bond acceptors (Lipinski definition) is 4. The van der Waals surface area contributed by atoms with Gasteiger partial charge >= 0.3 is 5.97 Å². The van der Waals surface area contributed by atoms with Crippen LogP contribution < -0.4 is 5.32 Å². The van der Waals surface area contributed by atoms with Crippen molar-refractivity contribution in [1.29, 1.82) is 0 Å². The maximum absolute atomic E-state index is 12.3. The van der Waals surface area contributed by atoms with E-state index in [1.54, 1.807) is 0 Å². The lowest BCUT2D eigenvalue weighted by molar-refractivity contribution is -0.119. The predicted molar refractivity (Wildman–Crippen MR) is 118 cm³/mol. The van der Waals surface area contributed by atoms with Crippen LogP contribution in [0.1, 0.15) is 44.6 Å². The summed E-state index contributed by atoms with van der Waals surface area (Å²) >= 11 is 1.42. The van der Waals surface area contributed by atoms with Crippen molar-refractivity contribution >= 4 is 28.9 Å². The number of carbonyl (C=O) groups excluding carboxylic acids is 2. The molecular formula is C24H25NO3S. The molecule has 0 aliphatic heterocycles.